The van der Waals surface area contributed by atoms with Gasteiger partial charge in [0.1, 0.15) is 29.0 Å². The first-order valence-electron chi connectivity index (χ1n) is 14.6. The fraction of sp³-hybridized carbons (Fsp3) is 0.312. The van der Waals surface area contributed by atoms with Crippen LogP contribution in [0.1, 0.15) is 18.7 Å². The lowest BCUT2D eigenvalue weighted by atomic mass is 10.0. The zero-order valence-electron chi connectivity index (χ0n) is 25.9. The molecule has 1 aliphatic heterocycles. The quantitative estimate of drug-likeness (QED) is 0.171. The van der Waals surface area contributed by atoms with Crippen molar-refractivity contribution in [3.63, 3.8) is 0 Å². The molecule has 45 heavy (non-hydrogen) atoms. The molecule has 0 bridgehead atoms. The van der Waals surface area contributed by atoms with Gasteiger partial charge in [-0.25, -0.2) is 9.97 Å². The monoisotopic (exact) mass is 631 g/mol. The number of methoxy groups -OCH3 is 1. The van der Waals surface area contributed by atoms with Gasteiger partial charge in [0.05, 0.1) is 36.1 Å². The summed E-state index contributed by atoms with van der Waals surface area (Å²) in [7, 11) is 7.73. The highest BCUT2D eigenvalue weighted by Crippen LogP contribution is 2.40. The Labute approximate surface area is 268 Å². The number of rotatable bonds is 12. The van der Waals surface area contributed by atoms with Gasteiger partial charge in [0.2, 0.25) is 11.9 Å². The number of halogens is 1. The number of hydrogen-bond donors (Lipinski definition) is 3. The molecule has 0 radical (unpaired) electrons. The van der Waals surface area contributed by atoms with E-state index in [4.69, 9.17) is 21.1 Å². The zero-order chi connectivity index (χ0) is 31.9. The van der Waals surface area contributed by atoms with E-state index in [1.807, 2.05) is 54.2 Å². The molecule has 12 nitrogen and oxygen atoms in total. The van der Waals surface area contributed by atoms with Crippen LogP contribution in [0.4, 0.5) is 34.5 Å². The highest BCUT2D eigenvalue weighted by Gasteiger charge is 2.24. The van der Waals surface area contributed by atoms with Crippen molar-refractivity contribution < 1.29 is 14.3 Å². The summed E-state index contributed by atoms with van der Waals surface area (Å²) in [6.45, 7) is 5.60. The van der Waals surface area contributed by atoms with Crippen molar-refractivity contribution >= 4 is 52.0 Å². The van der Waals surface area contributed by atoms with E-state index in [-0.39, 0.29) is 11.9 Å². The molecule has 0 atom stereocenters. The minimum atomic E-state index is -0.312. The SMILES string of the molecule is C=CC(=O)Nc1cc(Nc2ncc(Cl)c(Nc3ccccc3OCc3nccn3C)n2)c(OC)cc1N1CCC(N(C)C)CC1. The Hall–Kier alpha value is -4.81. The summed E-state index contributed by atoms with van der Waals surface area (Å²) in [6.07, 6.45) is 8.37. The van der Waals surface area contributed by atoms with Crippen LogP contribution in [0.15, 0.2) is 67.6 Å². The smallest absolute Gasteiger partial charge is 0.247 e. The van der Waals surface area contributed by atoms with Crippen LogP contribution in [0.5, 0.6) is 11.5 Å². The van der Waals surface area contributed by atoms with Gasteiger partial charge >= 0.3 is 0 Å². The average Bonchev–Trinajstić information content (AvgIpc) is 3.46. The van der Waals surface area contributed by atoms with Gasteiger partial charge in [0.25, 0.3) is 0 Å². The molecule has 0 aliphatic carbocycles. The number of aromatic nitrogens is 4. The lowest BCUT2D eigenvalue weighted by Crippen LogP contribution is -2.42. The van der Waals surface area contributed by atoms with Crippen molar-refractivity contribution in [1.29, 1.82) is 0 Å². The molecule has 2 aromatic carbocycles. The number of anilines is 6. The number of amides is 1. The number of carbonyl (C=O) groups is 1. The fourth-order valence-electron chi connectivity index (χ4n) is 5.14. The van der Waals surface area contributed by atoms with E-state index in [1.54, 1.807) is 13.3 Å². The Morgan fingerprint density at radius 3 is 2.58 bits per heavy atom. The molecule has 1 fully saturated rings. The molecule has 1 amide bonds. The number of ether oxygens (including phenoxy) is 2. The third-order valence-corrected chi connectivity index (χ3v) is 7.98. The van der Waals surface area contributed by atoms with Crippen molar-refractivity contribution in [3.8, 4) is 11.5 Å². The van der Waals surface area contributed by atoms with Crippen LogP contribution in [0.25, 0.3) is 0 Å². The summed E-state index contributed by atoms with van der Waals surface area (Å²) < 4.78 is 13.7. The van der Waals surface area contributed by atoms with Gasteiger partial charge in [-0.2, -0.15) is 4.98 Å². The number of piperidine rings is 1. The second-order valence-corrected chi connectivity index (χ2v) is 11.2. The first kappa shape index (κ1) is 31.6. The molecule has 5 rings (SSSR count). The standard InChI is InChI=1S/C32H38ClN9O3/c1-6-30(43)36-24-17-25(28(44-5)18-26(24)42-14-11-21(12-15-42)40(2)3)38-32-35-19-22(33)31(39-32)37-23-9-7-8-10-27(23)45-20-29-34-13-16-41(29)4/h6-10,13,16-19,21H,1,11-12,14-15,20H2,2-5H3,(H,36,43)(H2,35,37,38,39). The molecule has 3 heterocycles. The maximum absolute atomic E-state index is 12.4. The summed E-state index contributed by atoms with van der Waals surface area (Å²) in [5.41, 5.74) is 2.73. The maximum atomic E-state index is 12.4. The number of benzene rings is 2. The van der Waals surface area contributed by atoms with Gasteiger partial charge in [0.15, 0.2) is 5.82 Å². The van der Waals surface area contributed by atoms with Crippen molar-refractivity contribution in [1.82, 2.24) is 24.4 Å². The lowest BCUT2D eigenvalue weighted by molar-refractivity contribution is -0.111. The molecule has 236 valence electrons. The van der Waals surface area contributed by atoms with Gasteiger partial charge in [-0.05, 0) is 51.2 Å². The van der Waals surface area contributed by atoms with E-state index in [1.165, 1.54) is 12.3 Å². The van der Waals surface area contributed by atoms with Gasteiger partial charge in [-0.1, -0.05) is 30.3 Å². The molecule has 13 heteroatoms. The Bertz CT molecular complexity index is 1650. The van der Waals surface area contributed by atoms with Crippen molar-refractivity contribution in [2.75, 3.05) is 55.1 Å². The van der Waals surface area contributed by atoms with E-state index in [0.717, 1.165) is 37.4 Å². The minimum Gasteiger partial charge on any atom is -0.494 e. The fourth-order valence-corrected chi connectivity index (χ4v) is 5.28. The lowest BCUT2D eigenvalue weighted by Gasteiger charge is -2.37. The summed E-state index contributed by atoms with van der Waals surface area (Å²) in [5.74, 6) is 2.30. The molecule has 3 N–H and O–H groups in total. The van der Waals surface area contributed by atoms with E-state index < -0.39 is 0 Å². The second kappa shape index (κ2) is 14.3. The molecule has 0 unspecified atom stereocenters. The average molecular weight is 632 g/mol. The molecular weight excluding hydrogens is 594 g/mol. The predicted octanol–water partition coefficient (Wildman–Crippen LogP) is 5.59. The number of nitrogens with one attached hydrogen (secondary N) is 3. The number of hydrogen-bond acceptors (Lipinski definition) is 10. The Kier molecular flexibility index (Phi) is 10.1. The molecule has 1 saturated heterocycles. The van der Waals surface area contributed by atoms with Crippen LogP contribution in [0, 0.1) is 0 Å². The van der Waals surface area contributed by atoms with E-state index in [2.05, 4.69) is 61.4 Å². The number of imidazole rings is 1. The van der Waals surface area contributed by atoms with E-state index >= 15 is 0 Å². The van der Waals surface area contributed by atoms with Crippen molar-refractivity contribution in [3.05, 3.63) is 78.5 Å². The minimum absolute atomic E-state index is 0.271. The summed E-state index contributed by atoms with van der Waals surface area (Å²) >= 11 is 6.51. The van der Waals surface area contributed by atoms with Gasteiger partial charge in [-0.3, -0.25) is 4.79 Å². The van der Waals surface area contributed by atoms with Crippen LogP contribution < -0.4 is 30.3 Å². The maximum Gasteiger partial charge on any atom is 0.247 e. The van der Waals surface area contributed by atoms with Gasteiger partial charge < -0.3 is 39.8 Å². The number of nitrogens with zero attached hydrogens (tertiary/aromatic N) is 6. The van der Waals surface area contributed by atoms with Crippen LogP contribution in [-0.2, 0) is 18.4 Å². The van der Waals surface area contributed by atoms with Crippen molar-refractivity contribution in [2.24, 2.45) is 7.05 Å². The second-order valence-electron chi connectivity index (χ2n) is 10.8. The molecule has 1 aliphatic rings. The van der Waals surface area contributed by atoms with Crippen LogP contribution in [0.3, 0.4) is 0 Å². The molecular formula is C32H38ClN9O3. The molecule has 4 aromatic rings. The van der Waals surface area contributed by atoms with Crippen LogP contribution >= 0.6 is 11.6 Å². The normalized spacial score (nSPS) is 13.4. The third-order valence-electron chi connectivity index (χ3n) is 7.70. The Balaban J connectivity index is 1.39. The number of aryl methyl sites for hydroxylation is 1. The first-order valence-corrected chi connectivity index (χ1v) is 14.9. The Morgan fingerprint density at radius 1 is 1.11 bits per heavy atom. The highest BCUT2D eigenvalue weighted by atomic mass is 35.5. The molecule has 0 saturated carbocycles. The van der Waals surface area contributed by atoms with Crippen molar-refractivity contribution in [2.45, 2.75) is 25.5 Å². The number of para-hydroxylation sites is 2. The third kappa shape index (κ3) is 7.65. The van der Waals surface area contributed by atoms with Crippen LogP contribution in [0.2, 0.25) is 5.02 Å². The summed E-state index contributed by atoms with van der Waals surface area (Å²) in [4.78, 5) is 30.3. The molecule has 2 aromatic heterocycles. The van der Waals surface area contributed by atoms with E-state index in [9.17, 15) is 4.79 Å². The molecule has 0 spiro atoms. The highest BCUT2D eigenvalue weighted by molar-refractivity contribution is 6.33. The topological polar surface area (TPSA) is 122 Å². The Morgan fingerprint density at radius 2 is 1.89 bits per heavy atom. The predicted molar refractivity (Wildman–Crippen MR) is 178 cm³/mol. The van der Waals surface area contributed by atoms with Crippen LogP contribution in [-0.4, -0.2) is 70.7 Å². The van der Waals surface area contributed by atoms with E-state index in [0.29, 0.717) is 52.1 Å². The number of carbonyl (C=O) groups excluding carboxylic acids is 1. The zero-order valence-corrected chi connectivity index (χ0v) is 26.6. The largest absolute Gasteiger partial charge is 0.494 e. The van der Waals surface area contributed by atoms with Gasteiger partial charge in [-0.15, -0.1) is 0 Å². The first-order chi connectivity index (χ1) is 21.7. The summed E-state index contributed by atoms with van der Waals surface area (Å²) in [6, 6.07) is 11.8. The summed E-state index contributed by atoms with van der Waals surface area (Å²) in [5, 5.41) is 9.78. The van der Waals surface area contributed by atoms with Gasteiger partial charge in [0, 0.05) is 44.6 Å².